The summed E-state index contributed by atoms with van der Waals surface area (Å²) in [4.78, 5) is 20.1. The number of benzene rings is 1. The van der Waals surface area contributed by atoms with Gasteiger partial charge >= 0.3 is 0 Å². The molecule has 0 aliphatic carbocycles. The number of amides is 1. The first-order chi connectivity index (χ1) is 15.6. The fourth-order valence-corrected chi connectivity index (χ4v) is 3.69. The van der Waals surface area contributed by atoms with Crippen molar-refractivity contribution >= 4 is 11.8 Å². The van der Waals surface area contributed by atoms with Crippen LogP contribution in [0, 0.1) is 0 Å². The summed E-state index contributed by atoms with van der Waals surface area (Å²) in [6.07, 6.45) is 2.18. The number of nitrogens with one attached hydrogen (secondary N) is 2. The second kappa shape index (κ2) is 12.0. The van der Waals surface area contributed by atoms with E-state index in [0.717, 1.165) is 38.4 Å². The third-order valence-electron chi connectivity index (χ3n) is 5.64. The van der Waals surface area contributed by atoms with Crippen LogP contribution in [0.2, 0.25) is 0 Å². The van der Waals surface area contributed by atoms with Gasteiger partial charge in [0.2, 0.25) is 5.90 Å². The van der Waals surface area contributed by atoms with Gasteiger partial charge in [0.1, 0.15) is 11.9 Å². The van der Waals surface area contributed by atoms with Gasteiger partial charge in [-0.25, -0.2) is 10.4 Å². The van der Waals surface area contributed by atoms with Crippen molar-refractivity contribution in [1.82, 2.24) is 15.8 Å². The normalized spacial score (nSPS) is 23.3. The monoisotopic (exact) mass is 446 g/mol. The Morgan fingerprint density at radius 3 is 2.81 bits per heavy atom. The van der Waals surface area contributed by atoms with Gasteiger partial charge in [-0.2, -0.15) is 0 Å². The second-order valence-corrected chi connectivity index (χ2v) is 7.88. The highest BCUT2D eigenvalue weighted by Crippen LogP contribution is 2.32. The Morgan fingerprint density at radius 2 is 2.12 bits per heavy atom. The first-order valence-electron chi connectivity index (χ1n) is 11.1. The highest BCUT2D eigenvalue weighted by Gasteiger charge is 2.49. The maximum Gasteiger partial charge on any atom is 0.266 e. The van der Waals surface area contributed by atoms with Crippen LogP contribution in [0.15, 0.2) is 41.9 Å². The highest BCUT2D eigenvalue weighted by molar-refractivity contribution is 6.00. The molecule has 2 aliphatic rings. The van der Waals surface area contributed by atoms with Crippen LogP contribution >= 0.6 is 0 Å². The quantitative estimate of drug-likeness (QED) is 0.249. The van der Waals surface area contributed by atoms with Crippen molar-refractivity contribution in [1.29, 1.82) is 0 Å². The molecule has 9 heteroatoms. The molecule has 2 atom stereocenters. The van der Waals surface area contributed by atoms with Crippen molar-refractivity contribution in [3.8, 4) is 5.75 Å². The van der Waals surface area contributed by atoms with E-state index in [9.17, 15) is 4.79 Å². The van der Waals surface area contributed by atoms with Crippen LogP contribution < -0.4 is 15.6 Å². The number of ether oxygens (including phenoxy) is 3. The molecule has 1 fully saturated rings. The standard InChI is InChI=1S/C23H34N4O5/c1-3-9-23(22(29)26-24-10-11-27-12-16-30-17-13-27)18(2)32-21(25-23)19-5-7-20(8-6-19)31-15-4-14-28/h3,5-8,18,24,28H,1,4,9-17H2,2H3,(H,26,29)/t18-,23-/m0/s1. The van der Waals surface area contributed by atoms with E-state index in [2.05, 4.69) is 22.3 Å². The van der Waals surface area contributed by atoms with E-state index in [1.54, 1.807) is 6.08 Å². The van der Waals surface area contributed by atoms with E-state index in [1.165, 1.54) is 0 Å². The lowest BCUT2D eigenvalue weighted by Crippen LogP contribution is -2.55. The molecule has 32 heavy (non-hydrogen) atoms. The first-order valence-corrected chi connectivity index (χ1v) is 11.1. The molecule has 0 saturated carbocycles. The molecule has 0 unspecified atom stereocenters. The molecule has 176 valence electrons. The van der Waals surface area contributed by atoms with Crippen LogP contribution in [0.4, 0.5) is 0 Å². The minimum atomic E-state index is -1.08. The Morgan fingerprint density at radius 1 is 1.38 bits per heavy atom. The summed E-state index contributed by atoms with van der Waals surface area (Å²) in [5.41, 5.74) is 5.52. The second-order valence-electron chi connectivity index (χ2n) is 7.88. The van der Waals surface area contributed by atoms with Gasteiger partial charge in [-0.05, 0) is 31.2 Å². The molecule has 1 aromatic carbocycles. The smallest absolute Gasteiger partial charge is 0.266 e. The van der Waals surface area contributed by atoms with Gasteiger partial charge in [-0.3, -0.25) is 15.1 Å². The number of carbonyl (C=O) groups excluding carboxylic acids is 1. The number of hydrogen-bond acceptors (Lipinski definition) is 8. The summed E-state index contributed by atoms with van der Waals surface area (Å²) in [5, 5.41) is 8.86. The van der Waals surface area contributed by atoms with Crippen molar-refractivity contribution in [3.63, 3.8) is 0 Å². The number of hydrogen-bond donors (Lipinski definition) is 3. The lowest BCUT2D eigenvalue weighted by atomic mass is 9.90. The van der Waals surface area contributed by atoms with Gasteiger partial charge < -0.3 is 19.3 Å². The molecule has 1 amide bonds. The molecule has 3 N–H and O–H groups in total. The molecule has 1 aromatic rings. The molecule has 2 heterocycles. The predicted octanol–water partition coefficient (Wildman–Crippen LogP) is 0.881. The largest absolute Gasteiger partial charge is 0.494 e. The Kier molecular flexibility index (Phi) is 9.04. The van der Waals surface area contributed by atoms with E-state index in [0.29, 0.717) is 37.6 Å². The van der Waals surface area contributed by atoms with Gasteiger partial charge in [0.05, 0.1) is 19.8 Å². The van der Waals surface area contributed by atoms with E-state index >= 15 is 0 Å². The summed E-state index contributed by atoms with van der Waals surface area (Å²) >= 11 is 0. The molecule has 3 rings (SSSR count). The molecule has 0 aromatic heterocycles. The van der Waals surface area contributed by atoms with Crippen molar-refractivity contribution in [2.45, 2.75) is 31.4 Å². The van der Waals surface area contributed by atoms with E-state index in [1.807, 2.05) is 31.2 Å². The summed E-state index contributed by atoms with van der Waals surface area (Å²) in [7, 11) is 0. The minimum Gasteiger partial charge on any atom is -0.494 e. The number of rotatable bonds is 12. The third-order valence-corrected chi connectivity index (χ3v) is 5.64. The zero-order valence-corrected chi connectivity index (χ0v) is 18.7. The maximum atomic E-state index is 13.1. The Labute approximate surface area is 189 Å². The summed E-state index contributed by atoms with van der Waals surface area (Å²) in [6, 6.07) is 7.35. The van der Waals surface area contributed by atoms with Crippen LogP contribution in [-0.4, -0.2) is 86.1 Å². The lowest BCUT2D eigenvalue weighted by molar-refractivity contribution is -0.129. The molecule has 0 radical (unpaired) electrons. The van der Waals surface area contributed by atoms with E-state index < -0.39 is 11.6 Å². The molecular formula is C23H34N4O5. The van der Waals surface area contributed by atoms with Crippen LogP contribution in [0.5, 0.6) is 5.75 Å². The number of carbonyl (C=O) groups is 1. The zero-order chi connectivity index (χ0) is 22.8. The predicted molar refractivity (Wildman–Crippen MR) is 122 cm³/mol. The van der Waals surface area contributed by atoms with Crippen LogP contribution in [0.1, 0.15) is 25.3 Å². The molecule has 0 spiro atoms. The minimum absolute atomic E-state index is 0.0934. The topological polar surface area (TPSA) is 105 Å². The van der Waals surface area contributed by atoms with Crippen LogP contribution in [-0.2, 0) is 14.3 Å². The lowest BCUT2D eigenvalue weighted by Gasteiger charge is -2.28. The van der Waals surface area contributed by atoms with Gasteiger partial charge in [-0.1, -0.05) is 6.08 Å². The number of aliphatic hydroxyl groups is 1. The Hall–Kier alpha value is -2.46. The van der Waals surface area contributed by atoms with Crippen molar-refractivity contribution in [2.75, 3.05) is 52.6 Å². The number of aliphatic imine (C=N–C) groups is 1. The van der Waals surface area contributed by atoms with Crippen molar-refractivity contribution < 1.29 is 24.1 Å². The highest BCUT2D eigenvalue weighted by atomic mass is 16.5. The number of hydrazine groups is 1. The van der Waals surface area contributed by atoms with Crippen LogP contribution in [0.3, 0.4) is 0 Å². The number of morpholine rings is 1. The van der Waals surface area contributed by atoms with Crippen molar-refractivity contribution in [2.24, 2.45) is 4.99 Å². The van der Waals surface area contributed by atoms with Gasteiger partial charge in [-0.15, -0.1) is 6.58 Å². The molecule has 2 aliphatic heterocycles. The van der Waals surface area contributed by atoms with Gasteiger partial charge in [0.25, 0.3) is 5.91 Å². The fraction of sp³-hybridized carbons (Fsp3) is 0.565. The first kappa shape index (κ1) is 24.2. The average Bonchev–Trinajstić information content (AvgIpc) is 3.15. The fourth-order valence-electron chi connectivity index (χ4n) is 3.69. The maximum absolute atomic E-state index is 13.1. The molecule has 9 nitrogen and oxygen atoms in total. The summed E-state index contributed by atoms with van der Waals surface area (Å²) in [6.45, 7) is 10.9. The zero-order valence-electron chi connectivity index (χ0n) is 18.7. The summed E-state index contributed by atoms with van der Waals surface area (Å²) < 4.78 is 16.9. The van der Waals surface area contributed by atoms with Gasteiger partial charge in [0, 0.05) is 51.2 Å². The summed E-state index contributed by atoms with van der Waals surface area (Å²) in [5.74, 6) is 0.879. The van der Waals surface area contributed by atoms with Crippen LogP contribution in [0.25, 0.3) is 0 Å². The molecular weight excluding hydrogens is 412 g/mol. The third kappa shape index (κ3) is 6.07. The van der Waals surface area contributed by atoms with Crippen molar-refractivity contribution in [3.05, 3.63) is 42.5 Å². The molecule has 0 bridgehead atoms. The van der Waals surface area contributed by atoms with E-state index in [-0.39, 0.29) is 12.5 Å². The average molecular weight is 447 g/mol. The van der Waals surface area contributed by atoms with Gasteiger partial charge in [0.15, 0.2) is 5.54 Å². The number of aliphatic hydroxyl groups excluding tert-OH is 1. The molecule has 1 saturated heterocycles. The van der Waals surface area contributed by atoms with E-state index in [4.69, 9.17) is 24.3 Å². The number of nitrogens with zero attached hydrogens (tertiary/aromatic N) is 2. The SMILES string of the molecule is C=CC[C@]1(C(=O)NNCCN2CCOCC2)N=C(c2ccc(OCCCO)cc2)O[C@H]1C. The Balaban J connectivity index is 1.61. The Bertz CT molecular complexity index is 779.